The summed E-state index contributed by atoms with van der Waals surface area (Å²) in [5.74, 6) is 0. The largest absolute Gasteiger partial charge is 0.308 e. The van der Waals surface area contributed by atoms with Crippen LogP contribution in [0.2, 0.25) is 10.0 Å². The average molecular weight is 323 g/mol. The van der Waals surface area contributed by atoms with Crippen molar-refractivity contribution in [2.75, 3.05) is 20.6 Å². The van der Waals surface area contributed by atoms with Gasteiger partial charge in [-0.1, -0.05) is 53.5 Å². The average Bonchev–Trinajstić information content (AvgIpc) is 2.47. The van der Waals surface area contributed by atoms with E-state index in [-0.39, 0.29) is 6.04 Å². The molecule has 0 spiro atoms. The van der Waals surface area contributed by atoms with E-state index in [9.17, 15) is 0 Å². The van der Waals surface area contributed by atoms with Crippen LogP contribution in [0.1, 0.15) is 17.2 Å². The lowest BCUT2D eigenvalue weighted by molar-refractivity contribution is 0.340. The smallest absolute Gasteiger partial charge is 0.0451 e. The van der Waals surface area contributed by atoms with E-state index in [4.69, 9.17) is 23.2 Å². The minimum absolute atomic E-state index is 0.247. The van der Waals surface area contributed by atoms with E-state index in [1.807, 2.05) is 24.3 Å². The highest BCUT2D eigenvalue weighted by molar-refractivity contribution is 6.33. The van der Waals surface area contributed by atoms with Gasteiger partial charge in [-0.15, -0.1) is 0 Å². The lowest BCUT2D eigenvalue weighted by atomic mass is 10.1. The number of hydrogen-bond donors (Lipinski definition) is 1. The maximum atomic E-state index is 6.22. The van der Waals surface area contributed by atoms with Gasteiger partial charge in [0.05, 0.1) is 0 Å². The molecule has 1 atom stereocenters. The summed E-state index contributed by atoms with van der Waals surface area (Å²) in [6.45, 7) is 1.61. The molecule has 0 aliphatic carbocycles. The van der Waals surface area contributed by atoms with E-state index in [2.05, 4.69) is 48.6 Å². The van der Waals surface area contributed by atoms with Gasteiger partial charge in [-0.05, 0) is 43.4 Å². The molecule has 0 aliphatic heterocycles. The van der Waals surface area contributed by atoms with Crippen LogP contribution in [0.15, 0.2) is 48.5 Å². The fraction of sp³-hybridized carbons (Fsp3) is 0.294. The molecular weight excluding hydrogens is 303 g/mol. The fourth-order valence-electron chi connectivity index (χ4n) is 2.25. The first kappa shape index (κ1) is 16.3. The van der Waals surface area contributed by atoms with Crippen molar-refractivity contribution in [3.63, 3.8) is 0 Å². The Bertz CT molecular complexity index is 570. The van der Waals surface area contributed by atoms with E-state index in [0.717, 1.165) is 17.1 Å². The molecule has 0 aliphatic rings. The second kappa shape index (κ2) is 7.81. The summed E-state index contributed by atoms with van der Waals surface area (Å²) in [5, 5.41) is 5.01. The molecule has 2 aromatic rings. The first-order valence-electron chi connectivity index (χ1n) is 6.93. The summed E-state index contributed by atoms with van der Waals surface area (Å²) < 4.78 is 0. The third kappa shape index (κ3) is 5.01. The number of likely N-dealkylation sites (N-methyl/N-ethyl adjacent to an activating group) is 1. The zero-order valence-electron chi connectivity index (χ0n) is 12.3. The van der Waals surface area contributed by atoms with Crippen molar-refractivity contribution < 1.29 is 0 Å². The number of rotatable bonds is 6. The van der Waals surface area contributed by atoms with E-state index in [1.54, 1.807) is 0 Å². The van der Waals surface area contributed by atoms with Crippen molar-refractivity contribution in [3.05, 3.63) is 69.7 Å². The highest BCUT2D eigenvalue weighted by Gasteiger charge is 2.12. The molecule has 1 N–H and O–H groups in total. The molecule has 112 valence electrons. The van der Waals surface area contributed by atoms with Gasteiger partial charge in [0.15, 0.2) is 0 Å². The van der Waals surface area contributed by atoms with Gasteiger partial charge in [-0.25, -0.2) is 0 Å². The van der Waals surface area contributed by atoms with Crippen molar-refractivity contribution in [2.45, 2.75) is 12.6 Å². The molecule has 21 heavy (non-hydrogen) atoms. The van der Waals surface area contributed by atoms with Crippen molar-refractivity contribution in [1.29, 1.82) is 0 Å². The molecule has 0 saturated carbocycles. The summed E-state index contributed by atoms with van der Waals surface area (Å²) in [6, 6.07) is 16.2. The van der Waals surface area contributed by atoms with E-state index >= 15 is 0 Å². The number of halogens is 2. The second-order valence-corrected chi connectivity index (χ2v) is 6.19. The number of nitrogens with one attached hydrogen (secondary N) is 1. The molecule has 2 nitrogen and oxygen atoms in total. The molecule has 2 aromatic carbocycles. The highest BCUT2D eigenvalue weighted by atomic mass is 35.5. The van der Waals surface area contributed by atoms with Gasteiger partial charge in [0, 0.05) is 29.2 Å². The molecule has 0 radical (unpaired) electrons. The Kier molecular flexibility index (Phi) is 6.07. The summed E-state index contributed by atoms with van der Waals surface area (Å²) in [4.78, 5) is 2.17. The zero-order chi connectivity index (χ0) is 15.2. The third-order valence-electron chi connectivity index (χ3n) is 3.30. The Morgan fingerprint density at radius 3 is 2.43 bits per heavy atom. The molecule has 4 heteroatoms. The van der Waals surface area contributed by atoms with Crippen LogP contribution in [0, 0.1) is 0 Å². The predicted molar refractivity (Wildman–Crippen MR) is 91.0 cm³/mol. The van der Waals surface area contributed by atoms with Gasteiger partial charge in [0.2, 0.25) is 0 Å². The maximum Gasteiger partial charge on any atom is 0.0451 e. The van der Waals surface area contributed by atoms with Gasteiger partial charge >= 0.3 is 0 Å². The second-order valence-electron chi connectivity index (χ2n) is 5.34. The van der Waals surface area contributed by atoms with Crippen LogP contribution >= 0.6 is 23.2 Å². The molecule has 0 heterocycles. The minimum atomic E-state index is 0.247. The first-order valence-corrected chi connectivity index (χ1v) is 7.69. The Morgan fingerprint density at radius 1 is 1.05 bits per heavy atom. The normalized spacial score (nSPS) is 12.6. The van der Waals surface area contributed by atoms with Gasteiger partial charge in [-0.2, -0.15) is 0 Å². The molecule has 0 saturated heterocycles. The summed E-state index contributed by atoms with van der Waals surface area (Å²) in [6.07, 6.45) is 0. The molecule has 0 aromatic heterocycles. The van der Waals surface area contributed by atoms with Crippen LogP contribution < -0.4 is 5.32 Å². The summed E-state index contributed by atoms with van der Waals surface area (Å²) in [5.41, 5.74) is 2.29. The molecule has 0 amide bonds. The van der Waals surface area contributed by atoms with Crippen molar-refractivity contribution in [3.8, 4) is 0 Å². The Balaban J connectivity index is 2.10. The van der Waals surface area contributed by atoms with Crippen molar-refractivity contribution in [1.82, 2.24) is 10.2 Å². The quantitative estimate of drug-likeness (QED) is 0.848. The van der Waals surface area contributed by atoms with Crippen molar-refractivity contribution in [2.24, 2.45) is 0 Å². The predicted octanol–water partition coefficient (Wildman–Crippen LogP) is 4.39. The maximum absolute atomic E-state index is 6.22. The van der Waals surface area contributed by atoms with E-state index in [0.29, 0.717) is 11.6 Å². The van der Waals surface area contributed by atoms with Crippen LogP contribution in [-0.2, 0) is 6.54 Å². The SMILES string of the molecule is CN(C)CC(NCc1cc(Cl)ccc1Cl)c1ccccc1. The molecule has 1 unspecified atom stereocenters. The van der Waals surface area contributed by atoms with Crippen LogP contribution in [0.5, 0.6) is 0 Å². The molecule has 0 fully saturated rings. The molecular formula is C17H20Cl2N2. The Morgan fingerprint density at radius 2 is 1.76 bits per heavy atom. The minimum Gasteiger partial charge on any atom is -0.308 e. The van der Waals surface area contributed by atoms with Gasteiger partial charge in [0.25, 0.3) is 0 Å². The Labute approximate surface area is 136 Å². The van der Waals surface area contributed by atoms with Gasteiger partial charge < -0.3 is 10.2 Å². The van der Waals surface area contributed by atoms with Gasteiger partial charge in [0.1, 0.15) is 0 Å². The van der Waals surface area contributed by atoms with Gasteiger partial charge in [-0.3, -0.25) is 0 Å². The number of nitrogens with zero attached hydrogens (tertiary/aromatic N) is 1. The van der Waals surface area contributed by atoms with Crippen LogP contribution in [0.25, 0.3) is 0 Å². The van der Waals surface area contributed by atoms with E-state index in [1.165, 1.54) is 5.56 Å². The van der Waals surface area contributed by atoms with Crippen LogP contribution in [0.4, 0.5) is 0 Å². The monoisotopic (exact) mass is 322 g/mol. The fourth-order valence-corrected chi connectivity index (χ4v) is 2.63. The Hall–Kier alpha value is -1.06. The lowest BCUT2D eigenvalue weighted by Crippen LogP contribution is -2.31. The van der Waals surface area contributed by atoms with E-state index < -0.39 is 0 Å². The summed E-state index contributed by atoms with van der Waals surface area (Å²) >= 11 is 12.3. The van der Waals surface area contributed by atoms with Crippen LogP contribution in [-0.4, -0.2) is 25.5 Å². The highest BCUT2D eigenvalue weighted by Crippen LogP contribution is 2.22. The van der Waals surface area contributed by atoms with Crippen LogP contribution in [0.3, 0.4) is 0 Å². The number of hydrogen-bond acceptors (Lipinski definition) is 2. The number of benzene rings is 2. The standard InChI is InChI=1S/C17H20Cl2N2/c1-21(2)12-17(13-6-4-3-5-7-13)20-11-14-10-15(18)8-9-16(14)19/h3-10,17,20H,11-12H2,1-2H3. The lowest BCUT2D eigenvalue weighted by Gasteiger charge is -2.23. The summed E-state index contributed by atoms with van der Waals surface area (Å²) in [7, 11) is 4.15. The third-order valence-corrected chi connectivity index (χ3v) is 3.90. The first-order chi connectivity index (χ1) is 10.1. The molecule has 2 rings (SSSR count). The zero-order valence-corrected chi connectivity index (χ0v) is 13.8. The molecule has 0 bridgehead atoms. The topological polar surface area (TPSA) is 15.3 Å². The van der Waals surface area contributed by atoms with Crippen molar-refractivity contribution >= 4 is 23.2 Å².